The van der Waals surface area contributed by atoms with E-state index in [0.29, 0.717) is 0 Å². The Balaban J connectivity index is 2.43. The molecule has 1 aromatic rings. The molecule has 0 N–H and O–H groups in total. The van der Waals surface area contributed by atoms with Crippen LogP contribution in [0, 0.1) is 0 Å². The minimum atomic E-state index is 0.763. The third kappa shape index (κ3) is 4.07. The summed E-state index contributed by atoms with van der Waals surface area (Å²) in [4.78, 5) is 6.53. The minimum absolute atomic E-state index is 0.763. The molecule has 0 radical (unpaired) electrons. The Bertz CT molecular complexity index is 276. The van der Waals surface area contributed by atoms with E-state index in [4.69, 9.17) is 11.6 Å². The topological polar surface area (TPSA) is 16.1 Å². The summed E-state index contributed by atoms with van der Waals surface area (Å²) in [5, 5.41) is 0.763. The van der Waals surface area contributed by atoms with Crippen molar-refractivity contribution in [2.24, 2.45) is 0 Å². The number of unbranched alkanes of at least 4 members (excludes halogenated alkanes) is 1. The molecular formula is C11H17ClN2. The van der Waals surface area contributed by atoms with Crippen LogP contribution in [0.1, 0.15) is 25.5 Å². The maximum absolute atomic E-state index is 5.87. The van der Waals surface area contributed by atoms with E-state index < -0.39 is 0 Å². The maximum atomic E-state index is 5.87. The largest absolute Gasteiger partial charge is 0.301 e. The van der Waals surface area contributed by atoms with Gasteiger partial charge in [0.05, 0.1) is 5.69 Å². The Hall–Kier alpha value is -0.600. The Morgan fingerprint density at radius 2 is 2.29 bits per heavy atom. The van der Waals surface area contributed by atoms with Crippen molar-refractivity contribution in [3.63, 3.8) is 0 Å². The second-order valence-corrected chi connectivity index (χ2v) is 3.99. The molecule has 0 bridgehead atoms. The standard InChI is InChI=1S/C11H17ClN2/c1-3-4-7-14(2)9-11-8-10(12)5-6-13-11/h5-6,8H,3-4,7,9H2,1-2H3. The fourth-order valence-corrected chi connectivity index (χ4v) is 1.50. The Morgan fingerprint density at radius 3 is 2.93 bits per heavy atom. The maximum Gasteiger partial charge on any atom is 0.0558 e. The van der Waals surface area contributed by atoms with Crippen LogP contribution in [-0.4, -0.2) is 23.5 Å². The van der Waals surface area contributed by atoms with Gasteiger partial charge in [0.25, 0.3) is 0 Å². The molecule has 0 fully saturated rings. The van der Waals surface area contributed by atoms with E-state index in [9.17, 15) is 0 Å². The van der Waals surface area contributed by atoms with Crippen molar-refractivity contribution < 1.29 is 0 Å². The molecule has 0 aliphatic heterocycles. The number of aromatic nitrogens is 1. The lowest BCUT2D eigenvalue weighted by Crippen LogP contribution is -2.19. The highest BCUT2D eigenvalue weighted by Crippen LogP contribution is 2.09. The van der Waals surface area contributed by atoms with Crippen molar-refractivity contribution in [1.29, 1.82) is 0 Å². The Morgan fingerprint density at radius 1 is 1.50 bits per heavy atom. The van der Waals surface area contributed by atoms with Crippen LogP contribution in [0.3, 0.4) is 0 Å². The zero-order valence-corrected chi connectivity index (χ0v) is 9.59. The third-order valence-corrected chi connectivity index (χ3v) is 2.34. The summed E-state index contributed by atoms with van der Waals surface area (Å²) in [6.45, 7) is 4.19. The lowest BCUT2D eigenvalue weighted by Gasteiger charge is -2.15. The highest BCUT2D eigenvalue weighted by Gasteiger charge is 2.00. The van der Waals surface area contributed by atoms with Gasteiger partial charge in [-0.05, 0) is 32.1 Å². The predicted molar refractivity (Wildman–Crippen MR) is 60.5 cm³/mol. The average Bonchev–Trinajstić information content (AvgIpc) is 2.15. The molecule has 1 aromatic heterocycles. The highest BCUT2D eigenvalue weighted by atomic mass is 35.5. The van der Waals surface area contributed by atoms with Crippen molar-refractivity contribution in [3.05, 3.63) is 29.0 Å². The average molecular weight is 213 g/mol. The van der Waals surface area contributed by atoms with Gasteiger partial charge in [0, 0.05) is 17.8 Å². The summed E-state index contributed by atoms with van der Waals surface area (Å²) in [5.74, 6) is 0. The van der Waals surface area contributed by atoms with Gasteiger partial charge in [0.1, 0.15) is 0 Å². The first-order chi connectivity index (χ1) is 6.72. The van der Waals surface area contributed by atoms with E-state index in [1.165, 1.54) is 12.8 Å². The molecule has 0 aromatic carbocycles. The zero-order chi connectivity index (χ0) is 10.4. The van der Waals surface area contributed by atoms with E-state index in [1.807, 2.05) is 6.07 Å². The summed E-state index contributed by atoms with van der Waals surface area (Å²) in [7, 11) is 2.11. The van der Waals surface area contributed by atoms with Crippen molar-refractivity contribution in [1.82, 2.24) is 9.88 Å². The van der Waals surface area contributed by atoms with Gasteiger partial charge in [0.2, 0.25) is 0 Å². The molecule has 0 unspecified atom stereocenters. The monoisotopic (exact) mass is 212 g/mol. The Labute approximate surface area is 90.9 Å². The molecule has 1 rings (SSSR count). The zero-order valence-electron chi connectivity index (χ0n) is 8.83. The van der Waals surface area contributed by atoms with Crippen LogP contribution in [0.4, 0.5) is 0 Å². The smallest absolute Gasteiger partial charge is 0.0558 e. The molecule has 14 heavy (non-hydrogen) atoms. The fourth-order valence-electron chi connectivity index (χ4n) is 1.32. The quantitative estimate of drug-likeness (QED) is 0.746. The van der Waals surface area contributed by atoms with Gasteiger partial charge in [-0.25, -0.2) is 0 Å². The summed E-state index contributed by atoms with van der Waals surface area (Å²) in [5.41, 5.74) is 1.04. The third-order valence-electron chi connectivity index (χ3n) is 2.10. The van der Waals surface area contributed by atoms with Gasteiger partial charge in [-0.1, -0.05) is 24.9 Å². The molecule has 0 saturated heterocycles. The van der Waals surface area contributed by atoms with E-state index >= 15 is 0 Å². The van der Waals surface area contributed by atoms with Crippen molar-refractivity contribution in [2.45, 2.75) is 26.3 Å². The minimum Gasteiger partial charge on any atom is -0.301 e. The molecule has 0 spiro atoms. The number of hydrogen-bond donors (Lipinski definition) is 0. The van der Waals surface area contributed by atoms with Crippen LogP contribution in [0.15, 0.2) is 18.3 Å². The molecule has 3 heteroatoms. The summed E-state index contributed by atoms with van der Waals surface area (Å²) >= 11 is 5.87. The highest BCUT2D eigenvalue weighted by molar-refractivity contribution is 6.30. The van der Waals surface area contributed by atoms with Crippen molar-refractivity contribution >= 4 is 11.6 Å². The molecule has 0 amide bonds. The first-order valence-electron chi connectivity index (χ1n) is 5.01. The van der Waals surface area contributed by atoms with Gasteiger partial charge in [-0.3, -0.25) is 4.98 Å². The summed E-state index contributed by atoms with van der Waals surface area (Å²) in [6.07, 6.45) is 4.22. The van der Waals surface area contributed by atoms with Gasteiger partial charge < -0.3 is 4.90 Å². The molecule has 0 aliphatic carbocycles. The predicted octanol–water partition coefficient (Wildman–Crippen LogP) is 2.97. The first kappa shape index (κ1) is 11.5. The number of hydrogen-bond acceptors (Lipinski definition) is 2. The number of pyridine rings is 1. The van der Waals surface area contributed by atoms with Crippen LogP contribution in [-0.2, 0) is 6.54 Å². The molecule has 0 saturated carbocycles. The van der Waals surface area contributed by atoms with Crippen LogP contribution in [0.25, 0.3) is 0 Å². The van der Waals surface area contributed by atoms with Gasteiger partial charge in [-0.15, -0.1) is 0 Å². The SMILES string of the molecule is CCCCN(C)Cc1cc(Cl)ccn1. The van der Waals surface area contributed by atoms with Crippen LogP contribution >= 0.6 is 11.6 Å². The number of rotatable bonds is 5. The van der Waals surface area contributed by atoms with Gasteiger partial charge in [0.15, 0.2) is 0 Å². The van der Waals surface area contributed by atoms with E-state index in [0.717, 1.165) is 23.8 Å². The fraction of sp³-hybridized carbons (Fsp3) is 0.545. The van der Waals surface area contributed by atoms with E-state index in [1.54, 1.807) is 12.3 Å². The second-order valence-electron chi connectivity index (χ2n) is 3.56. The van der Waals surface area contributed by atoms with Crippen LogP contribution < -0.4 is 0 Å². The van der Waals surface area contributed by atoms with Crippen LogP contribution in [0.5, 0.6) is 0 Å². The van der Waals surface area contributed by atoms with E-state index in [2.05, 4.69) is 23.9 Å². The summed E-state index contributed by atoms with van der Waals surface area (Å²) in [6, 6.07) is 3.72. The van der Waals surface area contributed by atoms with Crippen molar-refractivity contribution in [3.8, 4) is 0 Å². The lowest BCUT2D eigenvalue weighted by atomic mass is 10.3. The van der Waals surface area contributed by atoms with E-state index in [-0.39, 0.29) is 0 Å². The molecule has 2 nitrogen and oxygen atoms in total. The second kappa shape index (κ2) is 5.99. The van der Waals surface area contributed by atoms with Crippen molar-refractivity contribution in [2.75, 3.05) is 13.6 Å². The molecule has 1 heterocycles. The Kier molecular flexibility index (Phi) is 4.91. The number of nitrogens with zero attached hydrogens (tertiary/aromatic N) is 2. The first-order valence-corrected chi connectivity index (χ1v) is 5.39. The normalized spacial score (nSPS) is 10.9. The van der Waals surface area contributed by atoms with Gasteiger partial charge in [-0.2, -0.15) is 0 Å². The molecule has 78 valence electrons. The molecule has 0 aliphatic rings. The van der Waals surface area contributed by atoms with Crippen LogP contribution in [0.2, 0.25) is 5.02 Å². The molecule has 0 atom stereocenters. The lowest BCUT2D eigenvalue weighted by molar-refractivity contribution is 0.317. The molecular weight excluding hydrogens is 196 g/mol. The van der Waals surface area contributed by atoms with Gasteiger partial charge >= 0.3 is 0 Å². The summed E-state index contributed by atoms with van der Waals surface area (Å²) < 4.78 is 0. The number of halogens is 1.